The Morgan fingerprint density at radius 2 is 1.05 bits per heavy atom. The van der Waals surface area contributed by atoms with Crippen molar-refractivity contribution in [1.29, 1.82) is 0 Å². The van der Waals surface area contributed by atoms with Crippen LogP contribution in [0, 0.1) is 47.3 Å². The number of hydrogen-bond acceptors (Lipinski definition) is 15. The Bertz CT molecular complexity index is 2560. The van der Waals surface area contributed by atoms with Crippen LogP contribution >= 0.6 is 0 Å². The van der Waals surface area contributed by atoms with Gasteiger partial charge in [0.25, 0.3) is 0 Å². The Morgan fingerprint density at radius 3 is 1.57 bits per heavy atom. The van der Waals surface area contributed by atoms with Gasteiger partial charge in [-0.2, -0.15) is 0 Å². The quantitative estimate of drug-likeness (QED) is 0.0832. The molecule has 0 unspecified atom stereocenters. The predicted molar refractivity (Wildman–Crippen MR) is 368 cm³/mol. The fourth-order valence-electron chi connectivity index (χ4n) is 12.7. The number of morpholine rings is 1. The lowest BCUT2D eigenvalue weighted by Gasteiger charge is -2.40. The van der Waals surface area contributed by atoms with Gasteiger partial charge in [0.15, 0.2) is 11.6 Å². The smallest absolute Gasteiger partial charge is 0.245 e. The average Bonchev–Trinajstić information content (AvgIpc) is 0.826. The van der Waals surface area contributed by atoms with E-state index in [9.17, 15) is 43.5 Å². The summed E-state index contributed by atoms with van der Waals surface area (Å²) < 4.78 is 11.9. The zero-order valence-electron chi connectivity index (χ0n) is 62.3. The normalized spacial score (nSPS) is 27.6. The number of Topliss-reactive ketones (excluding diaryl/α,β-unsaturated/α-hetero) is 2. The largest absolute Gasteiger partial charge is 0.390 e. The van der Waals surface area contributed by atoms with Gasteiger partial charge >= 0.3 is 0 Å². The number of hydrogen-bond donors (Lipinski definition) is 4. The molecule has 9 amide bonds. The minimum Gasteiger partial charge on any atom is -0.390 e. The van der Waals surface area contributed by atoms with Crippen LogP contribution in [0.5, 0.6) is 0 Å². The van der Waals surface area contributed by atoms with Gasteiger partial charge in [-0.05, 0) is 114 Å². The number of nitrogens with one attached hydrogen (secondary N) is 3. The molecule has 95 heavy (non-hydrogen) atoms. The molecule has 2 fully saturated rings. The summed E-state index contributed by atoms with van der Waals surface area (Å²) in [5.41, 5.74) is 0. The van der Waals surface area contributed by atoms with Gasteiger partial charge in [-0.25, -0.2) is 0 Å². The van der Waals surface area contributed by atoms with Crippen molar-refractivity contribution in [3.63, 3.8) is 0 Å². The van der Waals surface area contributed by atoms with Crippen molar-refractivity contribution in [1.82, 2.24) is 50.2 Å². The highest BCUT2D eigenvalue weighted by Gasteiger charge is 2.45. The first-order valence-electron chi connectivity index (χ1n) is 35.1. The van der Waals surface area contributed by atoms with E-state index in [1.54, 1.807) is 55.4 Å². The van der Waals surface area contributed by atoms with Crippen molar-refractivity contribution in [2.45, 2.75) is 248 Å². The summed E-state index contributed by atoms with van der Waals surface area (Å²) in [6, 6.07) is -11.3. The number of carbonyl (C=O) groups is 11. The van der Waals surface area contributed by atoms with Crippen LogP contribution in [0.3, 0.4) is 0 Å². The van der Waals surface area contributed by atoms with Gasteiger partial charge in [0.1, 0.15) is 48.3 Å². The maximum atomic E-state index is 15.2. The first kappa shape index (κ1) is 85.2. The zero-order chi connectivity index (χ0) is 72.6. The Kier molecular flexibility index (Phi) is 36.6. The third-order valence-electron chi connectivity index (χ3n) is 19.0. The summed E-state index contributed by atoms with van der Waals surface area (Å²) >= 11 is 0. The van der Waals surface area contributed by atoms with Crippen LogP contribution in [-0.4, -0.2) is 252 Å². The van der Waals surface area contributed by atoms with E-state index in [2.05, 4.69) is 20.9 Å². The van der Waals surface area contributed by atoms with E-state index < -0.39 is 161 Å². The number of likely N-dealkylation sites (N-methyl/N-ethyl adjacent to an activating group) is 6. The number of ketones is 2. The molecule has 24 nitrogen and oxygen atoms in total. The highest BCUT2D eigenvalue weighted by atomic mass is 16.5. The Morgan fingerprint density at radius 1 is 0.537 bits per heavy atom. The van der Waals surface area contributed by atoms with Gasteiger partial charge in [-0.1, -0.05) is 109 Å². The summed E-state index contributed by atoms with van der Waals surface area (Å²) in [6.45, 7) is 33.9. The van der Waals surface area contributed by atoms with Gasteiger partial charge in [-0.3, -0.25) is 57.6 Å². The van der Waals surface area contributed by atoms with E-state index in [-0.39, 0.29) is 62.9 Å². The SMILES string of the molecule is CCC=CC[C@@H](C)[C@@H](O)[C@@H]1NC(=O)[C@H](C(C)C)N(C)C(=O)[C@H](CC(C)C)N(C)C(=O)[C@H](CC(C)C)N(C)C(=O)[C@@H](C)NC(=O)[C@H](C)CC(=O)[C@H](CC(C)C)N(C)C(=O)[C@H](C(C)C)CC(=O)[C@H]([C@@H](C)OCCCCN2CCOCC2)N(C)C(=O)[C@@H](C)N(C)C(=O)[C@H](CC)NC1=O. The molecule has 0 aromatic heterocycles. The van der Waals surface area contributed by atoms with E-state index >= 15 is 14.4 Å². The Balaban J connectivity index is 2.98. The summed E-state index contributed by atoms with van der Waals surface area (Å²) in [5, 5.41) is 20.4. The highest BCUT2D eigenvalue weighted by Crippen LogP contribution is 2.28. The van der Waals surface area contributed by atoms with Crippen molar-refractivity contribution in [2.24, 2.45) is 47.3 Å². The number of aliphatic hydroxyl groups is 1. The van der Waals surface area contributed by atoms with E-state index in [4.69, 9.17) is 9.47 Å². The average molecular weight is 1340 g/mol. The third kappa shape index (κ3) is 25.2. The molecule has 2 aliphatic heterocycles. The van der Waals surface area contributed by atoms with Crippen LogP contribution < -0.4 is 16.0 Å². The number of nitrogens with zero attached hydrogens (tertiary/aromatic N) is 7. The van der Waals surface area contributed by atoms with Gasteiger partial charge in [0.2, 0.25) is 53.2 Å². The molecule has 0 saturated carbocycles. The van der Waals surface area contributed by atoms with Crippen LogP contribution in [0.2, 0.25) is 0 Å². The number of unbranched alkanes of at least 4 members (excludes halogenated alkanes) is 1. The van der Waals surface area contributed by atoms with Gasteiger partial charge < -0.3 is 59.9 Å². The van der Waals surface area contributed by atoms with Gasteiger partial charge in [0, 0.05) is 86.7 Å². The molecule has 2 saturated heterocycles. The van der Waals surface area contributed by atoms with E-state index in [0.717, 1.165) is 31.0 Å². The molecule has 2 rings (SSSR count). The second-order valence-corrected chi connectivity index (χ2v) is 29.0. The van der Waals surface area contributed by atoms with Crippen LogP contribution in [-0.2, 0) is 62.2 Å². The molecular weight excluding hydrogens is 1220 g/mol. The molecule has 0 aliphatic carbocycles. The molecule has 0 spiro atoms. The first-order chi connectivity index (χ1) is 44.3. The van der Waals surface area contributed by atoms with Crippen molar-refractivity contribution >= 4 is 64.7 Å². The molecule has 2 aliphatic rings. The molecule has 14 atom stereocenters. The molecule has 0 aromatic rings. The van der Waals surface area contributed by atoms with Gasteiger partial charge in [0.05, 0.1) is 31.5 Å². The highest BCUT2D eigenvalue weighted by molar-refractivity contribution is 6.00. The van der Waals surface area contributed by atoms with E-state index in [0.29, 0.717) is 32.5 Å². The number of allylic oxidation sites excluding steroid dienone is 2. The summed E-state index contributed by atoms with van der Waals surface area (Å²) in [7, 11) is 8.71. The van der Waals surface area contributed by atoms with Crippen LogP contribution in [0.4, 0.5) is 0 Å². The predicted octanol–water partition coefficient (Wildman–Crippen LogP) is 5.36. The summed E-state index contributed by atoms with van der Waals surface area (Å²) in [6.07, 6.45) is 3.63. The molecule has 0 aromatic carbocycles. The van der Waals surface area contributed by atoms with E-state index in [1.165, 1.54) is 80.6 Å². The Hall–Kier alpha value is -5.85. The fourth-order valence-corrected chi connectivity index (χ4v) is 12.7. The fraction of sp³-hybridized carbons (Fsp3) is 0.817. The van der Waals surface area contributed by atoms with Crippen LogP contribution in [0.1, 0.15) is 182 Å². The van der Waals surface area contributed by atoms with Crippen molar-refractivity contribution in [3.8, 4) is 0 Å². The molecular formula is C71H126N10O14. The monoisotopic (exact) mass is 1340 g/mol. The zero-order valence-corrected chi connectivity index (χ0v) is 62.3. The molecule has 544 valence electrons. The van der Waals surface area contributed by atoms with Crippen LogP contribution in [0.15, 0.2) is 12.2 Å². The van der Waals surface area contributed by atoms with Crippen molar-refractivity contribution in [2.75, 3.05) is 81.7 Å². The topological polar surface area (TPSA) is 285 Å². The maximum Gasteiger partial charge on any atom is 0.245 e. The lowest BCUT2D eigenvalue weighted by atomic mass is 9.85. The maximum absolute atomic E-state index is 15.2. The van der Waals surface area contributed by atoms with Crippen molar-refractivity contribution in [3.05, 3.63) is 12.2 Å². The molecule has 24 heteroatoms. The molecule has 0 radical (unpaired) electrons. The number of carbonyl (C=O) groups excluding carboxylic acids is 11. The second kappa shape index (κ2) is 40.8. The number of ether oxygens (including phenoxy) is 2. The number of amides is 9. The lowest BCUT2D eigenvalue weighted by Crippen LogP contribution is -2.63. The van der Waals surface area contributed by atoms with Gasteiger partial charge in [-0.15, -0.1) is 0 Å². The van der Waals surface area contributed by atoms with Crippen molar-refractivity contribution < 1.29 is 67.3 Å². The molecule has 0 bridgehead atoms. The molecule has 2 heterocycles. The number of rotatable bonds is 21. The molecule has 4 N–H and O–H groups in total. The standard InChI is InChI=1S/C71H126N10O14/c1-24-26-27-30-47(13)62(84)59-64(86)73-53(25-2)69(91)75(18)50(16)67(89)80(23)61(51(17)95-34-29-28-31-81-32-35-94-36-33-81)58(83)41-52(45(9)10)68(90)76(19)54(37-42(3)4)57(82)40-48(14)63(85)72-49(15)66(88)77(20)55(38-43(5)6)70(92)78(21)56(39-44(7)8)71(93)79(22)60(46(11)12)65(87)74-59/h26-27,42-56,59-62,84H,24-25,28-41H2,1-23H3,(H,72,85)(H,73,86)(H,74,87)/t47-,48-,49-,50-,51-,52+,53+,54+,55+,56+,59+,60+,61+,62-/m1/s1. The van der Waals surface area contributed by atoms with E-state index in [1.807, 2.05) is 60.6 Å². The first-order valence-corrected chi connectivity index (χ1v) is 35.1. The Labute approximate surface area is 569 Å². The summed E-state index contributed by atoms with van der Waals surface area (Å²) in [4.78, 5) is 173. The second-order valence-electron chi connectivity index (χ2n) is 29.0. The lowest BCUT2D eigenvalue weighted by molar-refractivity contribution is -0.154. The summed E-state index contributed by atoms with van der Waals surface area (Å²) in [5.74, 6) is -11.0. The minimum atomic E-state index is -1.68. The minimum absolute atomic E-state index is 0.00179. The third-order valence-corrected chi connectivity index (χ3v) is 19.0. The van der Waals surface area contributed by atoms with Crippen LogP contribution in [0.25, 0.3) is 0 Å². The number of aliphatic hydroxyl groups excluding tert-OH is 1.